The Morgan fingerprint density at radius 3 is 1.47 bits per heavy atom. The van der Waals surface area contributed by atoms with Gasteiger partial charge in [-0.25, -0.2) is 14.5 Å². The van der Waals surface area contributed by atoms with E-state index < -0.39 is 59.5 Å². The number of hydrogen-bond acceptors (Lipinski definition) is 29. The number of amides is 4. The fraction of sp³-hybridized carbons (Fsp3) is 0.295. The lowest BCUT2D eigenvalue weighted by molar-refractivity contribution is 0.0695. The number of rotatable bonds is 24. The third-order valence-corrected chi connectivity index (χ3v) is 19.7. The molecule has 11 rings (SSSR count). The van der Waals surface area contributed by atoms with Crippen LogP contribution in [0.3, 0.4) is 0 Å². The van der Waals surface area contributed by atoms with Crippen molar-refractivity contribution in [3.8, 4) is 6.07 Å². The topological polar surface area (TPSA) is 381 Å². The lowest BCUT2D eigenvalue weighted by Gasteiger charge is -2.27. The summed E-state index contributed by atoms with van der Waals surface area (Å²) in [6, 6.07) is 19.0. The molecule has 500 valence electrons. The molecule has 4 aromatic carbocycles. The molecule has 0 saturated carbocycles. The predicted molar refractivity (Wildman–Crippen MR) is 363 cm³/mol. The number of allylic oxidation sites excluding steroid dienone is 1. The highest BCUT2D eigenvalue weighted by Gasteiger charge is 2.44. The van der Waals surface area contributed by atoms with Crippen LogP contribution in [0.25, 0.3) is 17.0 Å². The number of benzene rings is 4. The third-order valence-electron chi connectivity index (χ3n) is 15.5. The van der Waals surface area contributed by atoms with Gasteiger partial charge in [-0.1, -0.05) is 47.9 Å². The van der Waals surface area contributed by atoms with Gasteiger partial charge in [-0.15, -0.1) is 20.5 Å². The Labute approximate surface area is 568 Å². The number of morpholine rings is 2. The molecule has 4 aliphatic heterocycles. The first-order chi connectivity index (χ1) is 46.6. The second-order valence-corrected chi connectivity index (χ2v) is 27.3. The van der Waals surface area contributed by atoms with E-state index in [1.165, 1.54) is 23.9 Å². The van der Waals surface area contributed by atoms with Crippen LogP contribution in [0.15, 0.2) is 120 Å². The maximum atomic E-state index is 13.7. The molecular formula is C61H59N19O12S5. The second kappa shape index (κ2) is 29.1. The number of nitriles is 1. The van der Waals surface area contributed by atoms with Gasteiger partial charge < -0.3 is 44.6 Å². The van der Waals surface area contributed by atoms with Gasteiger partial charge >= 0.3 is 11.8 Å². The zero-order chi connectivity index (χ0) is 68.9. The van der Waals surface area contributed by atoms with E-state index >= 15 is 0 Å². The maximum absolute atomic E-state index is 13.7. The number of thiazole rings is 2. The molecule has 2 fully saturated rings. The molecule has 97 heavy (non-hydrogen) atoms. The van der Waals surface area contributed by atoms with E-state index in [1.54, 1.807) is 12.1 Å². The van der Waals surface area contributed by atoms with Crippen molar-refractivity contribution in [1.29, 1.82) is 5.26 Å². The van der Waals surface area contributed by atoms with Gasteiger partial charge in [0.05, 0.1) is 79.6 Å². The van der Waals surface area contributed by atoms with Crippen LogP contribution in [0.5, 0.6) is 0 Å². The molecule has 0 unspecified atom stereocenters. The van der Waals surface area contributed by atoms with Gasteiger partial charge in [0.25, 0.3) is 32.1 Å². The quantitative estimate of drug-likeness (QED) is 0.0109. The van der Waals surface area contributed by atoms with Gasteiger partial charge in [-0.05, 0) is 118 Å². The minimum atomic E-state index is -4.73. The highest BCUT2D eigenvalue weighted by molar-refractivity contribution is 7.99. The molecule has 7 aromatic rings. The summed E-state index contributed by atoms with van der Waals surface area (Å²) in [5.41, 5.74) is 1.92. The molecular weight excluding hydrogens is 1350 g/mol. The second-order valence-electron chi connectivity index (χ2n) is 21.2. The van der Waals surface area contributed by atoms with E-state index in [9.17, 15) is 50.4 Å². The van der Waals surface area contributed by atoms with E-state index in [-0.39, 0.29) is 50.1 Å². The summed E-state index contributed by atoms with van der Waals surface area (Å²) >= 11 is 3.43. The van der Waals surface area contributed by atoms with Crippen molar-refractivity contribution < 1.29 is 54.6 Å². The number of carbonyl (C=O) groups excluding carboxylic acids is 4. The highest BCUT2D eigenvalue weighted by Crippen LogP contribution is 2.42. The Balaban J connectivity index is 0.922. The number of thioether (sulfide) groups is 1. The molecule has 0 aliphatic carbocycles. The van der Waals surface area contributed by atoms with Crippen molar-refractivity contribution in [2.24, 2.45) is 20.5 Å². The standard InChI is InChI=1S/C61H59N19O12S5/c1-7-75(8-2)35-12-18-44(71-73-60-66-51(77-20-24-91-25-21-77)48(94-60)30-37(34-62)79-53(81)40-16-14-38(96(85,86)87)31-42(40)55(79)83)46(28-35)64-57-68-58(70-59(69-57)93-11-5)65-47-29-36(76(9-3)10-4)13-19-45(47)72-74-61-67-52(78-22-26-92-27-23-78)49(95-61)33-50(63-6)80-54(82)41-17-15-39(97(88,89)90)32-43(41)56(80)84/h12-19,28-33H,7-11,20-27H2,1-5H3,(H,85,86,87)(H,88,89,90)(H2,64,65,68,69,70)/b37-30+,50-33+,73-71?,74-72?. The molecule has 0 atom stereocenters. The van der Waals surface area contributed by atoms with Crippen LogP contribution in [-0.4, -0.2) is 169 Å². The third kappa shape index (κ3) is 14.7. The van der Waals surface area contributed by atoms with Crippen LogP contribution in [0.2, 0.25) is 0 Å². The summed E-state index contributed by atoms with van der Waals surface area (Å²) < 4.78 is 78.4. The zero-order valence-electron chi connectivity index (χ0n) is 52.4. The van der Waals surface area contributed by atoms with Crippen molar-refractivity contribution in [3.63, 3.8) is 0 Å². The maximum Gasteiger partial charge on any atom is 0.334 e. The summed E-state index contributed by atoms with van der Waals surface area (Å²) in [5, 5.41) is 36.5. The summed E-state index contributed by atoms with van der Waals surface area (Å²) in [6.45, 7) is 23.9. The van der Waals surface area contributed by atoms with Crippen molar-refractivity contribution in [2.75, 3.05) is 115 Å². The zero-order valence-corrected chi connectivity index (χ0v) is 56.5. The number of imide groups is 2. The predicted octanol–water partition coefficient (Wildman–Crippen LogP) is 10.7. The van der Waals surface area contributed by atoms with Crippen molar-refractivity contribution >= 4 is 158 Å². The van der Waals surface area contributed by atoms with Crippen molar-refractivity contribution in [1.82, 2.24) is 34.7 Å². The minimum Gasteiger partial charge on any atom is -0.378 e. The van der Waals surface area contributed by atoms with Crippen molar-refractivity contribution in [3.05, 3.63) is 128 Å². The summed E-state index contributed by atoms with van der Waals surface area (Å²) in [7, 11) is -9.46. The van der Waals surface area contributed by atoms with Crippen LogP contribution in [0.1, 0.15) is 85.8 Å². The molecule has 0 radical (unpaired) electrons. The molecule has 36 heteroatoms. The number of anilines is 8. The number of azo groups is 2. The summed E-state index contributed by atoms with van der Waals surface area (Å²) in [6.07, 6.45) is 2.67. The average molecular weight is 1410 g/mol. The number of nitrogens with one attached hydrogen (secondary N) is 2. The fourth-order valence-electron chi connectivity index (χ4n) is 10.7. The van der Waals surface area contributed by atoms with Gasteiger partial charge in [0.1, 0.15) is 34.8 Å². The van der Waals surface area contributed by atoms with Crippen LogP contribution in [-0.2, 0) is 29.7 Å². The number of aromatic nitrogens is 5. The molecule has 3 aromatic heterocycles. The van der Waals surface area contributed by atoms with Gasteiger partial charge in [0, 0.05) is 63.7 Å². The number of carbonyl (C=O) groups is 4. The number of nitrogens with zero attached hydrogens (tertiary/aromatic N) is 17. The van der Waals surface area contributed by atoms with Crippen LogP contribution >= 0.6 is 34.4 Å². The molecule has 2 saturated heterocycles. The number of ether oxygens (including phenoxy) is 2. The highest BCUT2D eigenvalue weighted by atomic mass is 32.2. The first-order valence-electron chi connectivity index (χ1n) is 30.1. The summed E-state index contributed by atoms with van der Waals surface area (Å²) in [4.78, 5) is 91.4. The number of fused-ring (bicyclic) bond motifs is 2. The van der Waals surface area contributed by atoms with E-state index in [4.69, 9.17) is 51.2 Å². The lowest BCUT2D eigenvalue weighted by Crippen LogP contribution is -2.36. The molecule has 7 heterocycles. The van der Waals surface area contributed by atoms with Gasteiger partial charge in [-0.3, -0.25) is 18.7 Å². The molecule has 4 aliphatic rings. The SMILES string of the molecule is [C-]#[N+]/C(=C\c1sc(N=Nc2ccc(N(CC)CC)cc2Nc2nc(Nc3cc(N(CC)CC)ccc3N=Nc3nc(N4CCOCC4)c(/C=C(\C#N)N4C(=O)c5ccc(S(=O)(=O)O)cc5C4=O)s3)nc(SCC)n2)nc1N1CCOCC1)N1C(=O)c2ccc(S(=O)(=O)O)cc2C1=O. The largest absolute Gasteiger partial charge is 0.378 e. The number of hydrogen-bond donors (Lipinski definition) is 4. The normalized spacial score (nSPS) is 15.4. The average Bonchev–Trinajstić information content (AvgIpc) is 1.60. The van der Waals surface area contributed by atoms with Gasteiger partial charge in [0.15, 0.2) is 5.16 Å². The molecule has 0 bridgehead atoms. The van der Waals surface area contributed by atoms with Crippen LogP contribution in [0, 0.1) is 17.9 Å². The van der Waals surface area contributed by atoms with Gasteiger partial charge in [0.2, 0.25) is 28.0 Å². The van der Waals surface area contributed by atoms with E-state index in [1.807, 2.05) is 74.8 Å². The summed E-state index contributed by atoms with van der Waals surface area (Å²) in [5.74, 6) is -2.47. The van der Waals surface area contributed by atoms with Gasteiger partial charge in [-0.2, -0.15) is 51.9 Å². The van der Waals surface area contributed by atoms with E-state index in [0.29, 0.717) is 144 Å². The Kier molecular flexibility index (Phi) is 20.5. The smallest absolute Gasteiger partial charge is 0.334 e. The molecule has 4 N–H and O–H groups in total. The van der Waals surface area contributed by atoms with Crippen LogP contribution in [0.4, 0.5) is 67.9 Å². The molecule has 31 nitrogen and oxygen atoms in total. The van der Waals surface area contributed by atoms with E-state index in [0.717, 1.165) is 70.4 Å². The molecule has 4 amide bonds. The Bertz CT molecular complexity index is 4470. The van der Waals surface area contributed by atoms with E-state index in [2.05, 4.69) is 35.5 Å². The Morgan fingerprint density at radius 2 is 1.05 bits per heavy atom. The Hall–Kier alpha value is -10.0. The first-order valence-corrected chi connectivity index (χ1v) is 35.6. The lowest BCUT2D eigenvalue weighted by atomic mass is 10.1. The monoisotopic (exact) mass is 1410 g/mol. The van der Waals surface area contributed by atoms with Crippen molar-refractivity contribution in [2.45, 2.75) is 49.6 Å². The van der Waals surface area contributed by atoms with Crippen LogP contribution < -0.4 is 30.2 Å². The molecule has 0 spiro atoms. The minimum absolute atomic E-state index is 0.120. The first kappa shape index (κ1) is 68.4. The fourth-order valence-corrected chi connectivity index (χ4v) is 14.0. The Morgan fingerprint density at radius 1 is 0.619 bits per heavy atom.